The zero-order chi connectivity index (χ0) is 18.7. The van der Waals surface area contributed by atoms with Crippen molar-refractivity contribution in [3.63, 3.8) is 0 Å². The summed E-state index contributed by atoms with van der Waals surface area (Å²) < 4.78 is 14.5. The molecule has 0 radical (unpaired) electrons. The summed E-state index contributed by atoms with van der Waals surface area (Å²) in [4.78, 5) is 11.3. The summed E-state index contributed by atoms with van der Waals surface area (Å²) in [6, 6.07) is 4.56. The number of nitrogens with one attached hydrogen (secondary N) is 3. The summed E-state index contributed by atoms with van der Waals surface area (Å²) in [6.07, 6.45) is 7.57. The SMILES string of the molecule is N=C1C(C(N)=O)=CC=C/C1=C/Nc1ccc(C2(O)CCCNC2)cc1F. The van der Waals surface area contributed by atoms with E-state index in [9.17, 15) is 14.3 Å². The van der Waals surface area contributed by atoms with Crippen LogP contribution >= 0.6 is 0 Å². The van der Waals surface area contributed by atoms with Crippen LogP contribution in [-0.2, 0) is 10.4 Å². The molecular weight excluding hydrogens is 335 g/mol. The van der Waals surface area contributed by atoms with E-state index < -0.39 is 17.3 Å². The molecule has 3 rings (SSSR count). The van der Waals surface area contributed by atoms with Crippen LogP contribution in [0.5, 0.6) is 0 Å². The zero-order valence-corrected chi connectivity index (χ0v) is 14.2. The van der Waals surface area contributed by atoms with Gasteiger partial charge in [0.25, 0.3) is 5.91 Å². The van der Waals surface area contributed by atoms with E-state index in [1.54, 1.807) is 24.3 Å². The number of anilines is 1. The van der Waals surface area contributed by atoms with E-state index >= 15 is 0 Å². The second-order valence-corrected chi connectivity index (χ2v) is 6.43. The van der Waals surface area contributed by atoms with Crippen molar-refractivity contribution in [1.82, 2.24) is 5.32 Å². The van der Waals surface area contributed by atoms with Crippen LogP contribution in [-0.4, -0.2) is 29.8 Å². The molecular formula is C19H21FN4O2. The maximum atomic E-state index is 14.5. The lowest BCUT2D eigenvalue weighted by atomic mass is 9.86. The molecule has 0 aromatic heterocycles. The summed E-state index contributed by atoms with van der Waals surface area (Å²) in [6.45, 7) is 1.24. The van der Waals surface area contributed by atoms with Gasteiger partial charge >= 0.3 is 0 Å². The Bertz CT molecular complexity index is 836. The second kappa shape index (κ2) is 7.23. The lowest BCUT2D eigenvalue weighted by Gasteiger charge is -2.33. The number of benzene rings is 1. The van der Waals surface area contributed by atoms with E-state index in [-0.39, 0.29) is 17.0 Å². The summed E-state index contributed by atoms with van der Waals surface area (Å²) in [5, 5.41) is 24.6. The maximum absolute atomic E-state index is 14.5. The van der Waals surface area contributed by atoms with E-state index in [1.165, 1.54) is 18.3 Å². The van der Waals surface area contributed by atoms with Crippen molar-refractivity contribution >= 4 is 17.3 Å². The quantitative estimate of drug-likeness (QED) is 0.565. The van der Waals surface area contributed by atoms with Gasteiger partial charge in [-0.25, -0.2) is 4.39 Å². The van der Waals surface area contributed by atoms with Crippen molar-refractivity contribution < 1.29 is 14.3 Å². The first-order valence-electron chi connectivity index (χ1n) is 8.38. The van der Waals surface area contributed by atoms with Crippen LogP contribution in [0.1, 0.15) is 18.4 Å². The summed E-state index contributed by atoms with van der Waals surface area (Å²) in [5.41, 5.74) is 5.41. The number of aliphatic hydroxyl groups is 1. The van der Waals surface area contributed by atoms with Crippen LogP contribution in [0.2, 0.25) is 0 Å². The van der Waals surface area contributed by atoms with E-state index in [0.717, 1.165) is 13.0 Å². The number of rotatable bonds is 4. The third-order valence-corrected chi connectivity index (χ3v) is 4.61. The number of hydrogen-bond acceptors (Lipinski definition) is 5. The van der Waals surface area contributed by atoms with Crippen LogP contribution in [0.4, 0.5) is 10.1 Å². The van der Waals surface area contributed by atoms with Gasteiger partial charge in [0, 0.05) is 18.3 Å². The molecule has 0 saturated carbocycles. The van der Waals surface area contributed by atoms with Crippen LogP contribution < -0.4 is 16.4 Å². The van der Waals surface area contributed by atoms with E-state index in [4.69, 9.17) is 11.1 Å². The lowest BCUT2D eigenvalue weighted by Crippen LogP contribution is -2.43. The fraction of sp³-hybridized carbons (Fsp3) is 0.263. The minimum absolute atomic E-state index is 0.0212. The topological polar surface area (TPSA) is 111 Å². The minimum atomic E-state index is -1.06. The van der Waals surface area contributed by atoms with Crippen molar-refractivity contribution in [1.29, 1.82) is 5.41 Å². The van der Waals surface area contributed by atoms with Gasteiger partial charge in [-0.2, -0.15) is 0 Å². The summed E-state index contributed by atoms with van der Waals surface area (Å²) in [5.74, 6) is -1.19. The first kappa shape index (κ1) is 18.0. The average Bonchev–Trinajstić information content (AvgIpc) is 2.62. The van der Waals surface area contributed by atoms with Gasteiger partial charge in [0.2, 0.25) is 0 Å². The van der Waals surface area contributed by atoms with Crippen molar-refractivity contribution in [2.75, 3.05) is 18.4 Å². The van der Waals surface area contributed by atoms with Gasteiger partial charge in [-0.1, -0.05) is 18.2 Å². The van der Waals surface area contributed by atoms with Crippen molar-refractivity contribution in [3.05, 3.63) is 65.2 Å². The molecule has 1 aromatic rings. The zero-order valence-electron chi connectivity index (χ0n) is 14.2. The highest BCUT2D eigenvalue weighted by molar-refractivity contribution is 6.28. The highest BCUT2D eigenvalue weighted by Gasteiger charge is 2.31. The number of primary amides is 1. The molecule has 0 spiro atoms. The van der Waals surface area contributed by atoms with Gasteiger partial charge in [-0.15, -0.1) is 0 Å². The predicted molar refractivity (Wildman–Crippen MR) is 98.3 cm³/mol. The number of piperidine rings is 1. The Morgan fingerprint density at radius 3 is 2.92 bits per heavy atom. The first-order chi connectivity index (χ1) is 12.4. The third-order valence-electron chi connectivity index (χ3n) is 4.61. The molecule has 1 amide bonds. The molecule has 26 heavy (non-hydrogen) atoms. The number of carbonyl (C=O) groups excluding carboxylic acids is 1. The molecule has 1 unspecified atom stereocenters. The number of allylic oxidation sites excluding steroid dienone is 4. The summed E-state index contributed by atoms with van der Waals surface area (Å²) in [7, 11) is 0. The molecule has 1 heterocycles. The molecule has 6 nitrogen and oxygen atoms in total. The molecule has 7 heteroatoms. The molecule has 136 valence electrons. The number of halogens is 1. The highest BCUT2D eigenvalue weighted by Crippen LogP contribution is 2.30. The Hall–Kier alpha value is -2.77. The number of β-amino-alcohol motifs (C(OH)–C–C–N with tert-alkyl or cyclic N) is 1. The van der Waals surface area contributed by atoms with Crippen LogP contribution in [0.25, 0.3) is 0 Å². The first-order valence-corrected chi connectivity index (χ1v) is 8.38. The monoisotopic (exact) mass is 356 g/mol. The van der Waals surface area contributed by atoms with Crippen LogP contribution in [0.3, 0.4) is 0 Å². The van der Waals surface area contributed by atoms with Crippen LogP contribution in [0, 0.1) is 11.2 Å². The Morgan fingerprint density at radius 2 is 2.27 bits per heavy atom. The Morgan fingerprint density at radius 1 is 1.46 bits per heavy atom. The number of nitrogens with two attached hydrogens (primary N) is 1. The molecule has 1 fully saturated rings. The van der Waals surface area contributed by atoms with Gasteiger partial charge in [0.15, 0.2) is 0 Å². The molecule has 1 atom stereocenters. The van der Waals surface area contributed by atoms with E-state index in [0.29, 0.717) is 24.1 Å². The van der Waals surface area contributed by atoms with Gasteiger partial charge in [0.1, 0.15) is 11.4 Å². The number of carbonyl (C=O) groups is 1. The standard InChI is InChI=1S/C19H21FN4O2/c20-15-9-13(19(26)7-2-8-23-11-19)5-6-16(15)24-10-12-3-1-4-14(17(12)21)18(22)25/h1,3-6,9-10,21,23-24,26H,2,7-8,11H2,(H2,22,25)/b12-10-,21-17?. The van der Waals surface area contributed by atoms with Crippen molar-refractivity contribution in [2.45, 2.75) is 18.4 Å². The molecule has 0 bridgehead atoms. The number of amides is 1. The predicted octanol–water partition coefficient (Wildman–Crippen LogP) is 1.69. The third kappa shape index (κ3) is 3.58. The number of hydrogen-bond donors (Lipinski definition) is 5. The fourth-order valence-corrected chi connectivity index (χ4v) is 3.11. The van der Waals surface area contributed by atoms with Gasteiger partial charge in [-0.05, 0) is 43.2 Å². The Labute approximate surface area is 150 Å². The highest BCUT2D eigenvalue weighted by atomic mass is 19.1. The lowest BCUT2D eigenvalue weighted by molar-refractivity contribution is -0.114. The normalized spacial score (nSPS) is 24.5. The molecule has 1 aliphatic heterocycles. The largest absolute Gasteiger partial charge is 0.384 e. The van der Waals surface area contributed by atoms with Crippen LogP contribution in [0.15, 0.2) is 53.8 Å². The Balaban J connectivity index is 1.77. The summed E-state index contributed by atoms with van der Waals surface area (Å²) >= 11 is 0. The van der Waals surface area contributed by atoms with Gasteiger partial charge in [-0.3, -0.25) is 10.2 Å². The molecule has 1 saturated heterocycles. The molecule has 6 N–H and O–H groups in total. The minimum Gasteiger partial charge on any atom is -0.384 e. The smallest absolute Gasteiger partial charge is 0.250 e. The fourth-order valence-electron chi connectivity index (χ4n) is 3.11. The van der Waals surface area contributed by atoms with E-state index in [1.807, 2.05) is 0 Å². The van der Waals surface area contributed by atoms with Gasteiger partial charge < -0.3 is 21.5 Å². The molecule has 1 aromatic carbocycles. The van der Waals surface area contributed by atoms with Crippen molar-refractivity contribution in [3.8, 4) is 0 Å². The van der Waals surface area contributed by atoms with Gasteiger partial charge in [0.05, 0.1) is 17.0 Å². The maximum Gasteiger partial charge on any atom is 0.250 e. The molecule has 2 aliphatic rings. The molecule has 1 aliphatic carbocycles. The second-order valence-electron chi connectivity index (χ2n) is 6.43. The Kier molecular flexibility index (Phi) is 5.01. The van der Waals surface area contributed by atoms with E-state index in [2.05, 4.69) is 10.6 Å². The average molecular weight is 356 g/mol. The van der Waals surface area contributed by atoms with Crippen molar-refractivity contribution in [2.24, 2.45) is 5.73 Å².